The molecule has 0 atom stereocenters. The van der Waals surface area contributed by atoms with Gasteiger partial charge >= 0.3 is 5.97 Å². The van der Waals surface area contributed by atoms with Gasteiger partial charge in [0.15, 0.2) is 0 Å². The highest BCUT2D eigenvalue weighted by Gasteiger charge is 2.19. The summed E-state index contributed by atoms with van der Waals surface area (Å²) in [6, 6.07) is 3.98. The SMILES string of the molecule is Cc1cc(Br)c2c(c1)C(C(=O)O)=CCC2. The highest BCUT2D eigenvalue weighted by molar-refractivity contribution is 9.10. The van der Waals surface area contributed by atoms with Gasteiger partial charge in [0.25, 0.3) is 0 Å². The molecule has 2 nitrogen and oxygen atoms in total. The zero-order chi connectivity index (χ0) is 11.0. The summed E-state index contributed by atoms with van der Waals surface area (Å²) in [6.45, 7) is 1.97. The van der Waals surface area contributed by atoms with E-state index >= 15 is 0 Å². The van der Waals surface area contributed by atoms with Gasteiger partial charge in [0.05, 0.1) is 5.57 Å². The van der Waals surface area contributed by atoms with Crippen molar-refractivity contribution in [3.8, 4) is 0 Å². The van der Waals surface area contributed by atoms with Crippen LogP contribution in [0.2, 0.25) is 0 Å². The zero-order valence-corrected chi connectivity index (χ0v) is 9.97. The van der Waals surface area contributed by atoms with Crippen molar-refractivity contribution in [1.29, 1.82) is 0 Å². The number of hydrogen-bond acceptors (Lipinski definition) is 1. The number of carbonyl (C=O) groups is 1. The Morgan fingerprint density at radius 1 is 1.47 bits per heavy atom. The summed E-state index contributed by atoms with van der Waals surface area (Å²) < 4.78 is 1.02. The molecule has 1 aliphatic rings. The summed E-state index contributed by atoms with van der Waals surface area (Å²) in [5, 5.41) is 9.08. The van der Waals surface area contributed by atoms with Gasteiger partial charge in [-0.05, 0) is 42.5 Å². The van der Waals surface area contributed by atoms with Crippen molar-refractivity contribution in [2.24, 2.45) is 0 Å². The standard InChI is InChI=1S/C12H11BrO2/c1-7-5-10-8(11(13)6-7)3-2-4-9(10)12(14)15/h4-6H,2-3H2,1H3,(H,14,15). The van der Waals surface area contributed by atoms with Crippen LogP contribution in [0, 0.1) is 6.92 Å². The lowest BCUT2D eigenvalue weighted by molar-refractivity contribution is -0.130. The average Bonchev–Trinajstić information content (AvgIpc) is 2.16. The Hall–Kier alpha value is -1.09. The van der Waals surface area contributed by atoms with Crippen LogP contribution in [-0.2, 0) is 11.2 Å². The number of carboxylic acid groups (broad SMARTS) is 1. The van der Waals surface area contributed by atoms with Crippen LogP contribution in [0.5, 0.6) is 0 Å². The maximum atomic E-state index is 11.1. The van der Waals surface area contributed by atoms with Crippen LogP contribution < -0.4 is 0 Å². The van der Waals surface area contributed by atoms with Crippen LogP contribution in [0.4, 0.5) is 0 Å². The highest BCUT2D eigenvalue weighted by Crippen LogP contribution is 2.32. The quantitative estimate of drug-likeness (QED) is 0.848. The fraction of sp³-hybridized carbons (Fsp3) is 0.250. The summed E-state index contributed by atoms with van der Waals surface area (Å²) in [7, 11) is 0. The smallest absolute Gasteiger partial charge is 0.335 e. The van der Waals surface area contributed by atoms with Crippen LogP contribution in [0.1, 0.15) is 23.1 Å². The molecule has 0 bridgehead atoms. The molecule has 1 aromatic rings. The number of aliphatic carboxylic acids is 1. The molecular formula is C12H11BrO2. The molecule has 0 aromatic heterocycles. The molecule has 1 aromatic carbocycles. The molecule has 0 unspecified atom stereocenters. The van der Waals surface area contributed by atoms with E-state index in [1.807, 2.05) is 19.1 Å². The molecule has 2 rings (SSSR count). The molecule has 0 spiro atoms. The van der Waals surface area contributed by atoms with Gasteiger partial charge < -0.3 is 5.11 Å². The predicted molar refractivity (Wildman–Crippen MR) is 62.8 cm³/mol. The number of allylic oxidation sites excluding steroid dienone is 1. The Labute approximate surface area is 96.7 Å². The first-order chi connectivity index (χ1) is 7.09. The Morgan fingerprint density at radius 3 is 2.87 bits per heavy atom. The van der Waals surface area contributed by atoms with Gasteiger partial charge in [-0.3, -0.25) is 0 Å². The van der Waals surface area contributed by atoms with Crippen molar-refractivity contribution in [3.63, 3.8) is 0 Å². The predicted octanol–water partition coefficient (Wildman–Crippen LogP) is 3.17. The van der Waals surface area contributed by atoms with Crippen LogP contribution in [0.15, 0.2) is 22.7 Å². The van der Waals surface area contributed by atoms with Gasteiger partial charge in [-0.2, -0.15) is 0 Å². The minimum atomic E-state index is -0.839. The third kappa shape index (κ3) is 1.84. The number of benzene rings is 1. The van der Waals surface area contributed by atoms with Gasteiger partial charge in [0, 0.05) is 4.47 Å². The molecule has 78 valence electrons. The van der Waals surface area contributed by atoms with Crippen LogP contribution >= 0.6 is 15.9 Å². The van der Waals surface area contributed by atoms with E-state index < -0.39 is 5.97 Å². The average molecular weight is 267 g/mol. The lowest BCUT2D eigenvalue weighted by atomic mass is 9.89. The number of rotatable bonds is 1. The normalized spacial score (nSPS) is 14.4. The van der Waals surface area contributed by atoms with Crippen LogP contribution in [-0.4, -0.2) is 11.1 Å². The molecule has 15 heavy (non-hydrogen) atoms. The minimum absolute atomic E-state index is 0.431. The largest absolute Gasteiger partial charge is 0.478 e. The first-order valence-corrected chi connectivity index (χ1v) is 5.61. The fourth-order valence-electron chi connectivity index (χ4n) is 1.94. The van der Waals surface area contributed by atoms with Crippen molar-refractivity contribution in [3.05, 3.63) is 39.4 Å². The molecule has 0 heterocycles. The molecule has 3 heteroatoms. The molecule has 1 N–H and O–H groups in total. The summed E-state index contributed by atoms with van der Waals surface area (Å²) in [5.41, 5.74) is 3.48. The van der Waals surface area contributed by atoms with Crippen molar-refractivity contribution in [1.82, 2.24) is 0 Å². The van der Waals surface area contributed by atoms with E-state index in [0.717, 1.165) is 34.0 Å². The third-order valence-electron chi connectivity index (χ3n) is 2.60. The topological polar surface area (TPSA) is 37.3 Å². The second-order valence-electron chi connectivity index (χ2n) is 3.73. The van der Waals surface area contributed by atoms with Crippen LogP contribution in [0.25, 0.3) is 5.57 Å². The summed E-state index contributed by atoms with van der Waals surface area (Å²) >= 11 is 3.49. The Morgan fingerprint density at radius 2 is 2.20 bits per heavy atom. The van der Waals surface area contributed by atoms with E-state index in [1.54, 1.807) is 6.08 Å². The zero-order valence-electron chi connectivity index (χ0n) is 8.38. The van der Waals surface area contributed by atoms with E-state index in [-0.39, 0.29) is 0 Å². The van der Waals surface area contributed by atoms with E-state index in [1.165, 1.54) is 0 Å². The first-order valence-electron chi connectivity index (χ1n) is 4.82. The molecule has 0 radical (unpaired) electrons. The van der Waals surface area contributed by atoms with Gasteiger partial charge in [0.1, 0.15) is 0 Å². The highest BCUT2D eigenvalue weighted by atomic mass is 79.9. The van der Waals surface area contributed by atoms with Crippen molar-refractivity contribution >= 4 is 27.5 Å². The molecule has 0 saturated heterocycles. The number of hydrogen-bond donors (Lipinski definition) is 1. The van der Waals surface area contributed by atoms with Crippen LogP contribution in [0.3, 0.4) is 0 Å². The Bertz CT molecular complexity index is 461. The third-order valence-corrected chi connectivity index (χ3v) is 3.31. The van der Waals surface area contributed by atoms with Gasteiger partial charge in [-0.1, -0.05) is 28.1 Å². The second kappa shape index (κ2) is 3.81. The van der Waals surface area contributed by atoms with Gasteiger partial charge in [-0.25, -0.2) is 4.79 Å². The fourth-order valence-corrected chi connectivity index (χ4v) is 2.71. The number of halogens is 1. The van der Waals surface area contributed by atoms with E-state index in [0.29, 0.717) is 5.57 Å². The van der Waals surface area contributed by atoms with E-state index in [2.05, 4.69) is 15.9 Å². The number of aryl methyl sites for hydroxylation is 1. The molecule has 0 saturated carbocycles. The van der Waals surface area contributed by atoms with E-state index in [4.69, 9.17) is 5.11 Å². The van der Waals surface area contributed by atoms with Gasteiger partial charge in [0.2, 0.25) is 0 Å². The van der Waals surface area contributed by atoms with Gasteiger partial charge in [-0.15, -0.1) is 0 Å². The number of carboxylic acids is 1. The minimum Gasteiger partial charge on any atom is -0.478 e. The van der Waals surface area contributed by atoms with Crippen molar-refractivity contribution in [2.75, 3.05) is 0 Å². The molecular weight excluding hydrogens is 256 g/mol. The summed E-state index contributed by atoms with van der Waals surface area (Å²) in [6.07, 6.45) is 3.51. The summed E-state index contributed by atoms with van der Waals surface area (Å²) in [4.78, 5) is 11.1. The lowest BCUT2D eigenvalue weighted by Gasteiger charge is -2.17. The number of fused-ring (bicyclic) bond motifs is 1. The molecule has 0 aliphatic heterocycles. The Balaban J connectivity index is 2.64. The Kier molecular flexibility index (Phi) is 2.65. The van der Waals surface area contributed by atoms with E-state index in [9.17, 15) is 4.79 Å². The maximum absolute atomic E-state index is 11.1. The summed E-state index contributed by atoms with van der Waals surface area (Å²) in [5.74, 6) is -0.839. The first kappa shape index (κ1) is 10.4. The lowest BCUT2D eigenvalue weighted by Crippen LogP contribution is -2.08. The van der Waals surface area contributed by atoms with Crippen molar-refractivity contribution < 1.29 is 9.90 Å². The monoisotopic (exact) mass is 266 g/mol. The molecule has 0 fully saturated rings. The second-order valence-corrected chi connectivity index (χ2v) is 4.59. The maximum Gasteiger partial charge on any atom is 0.335 e. The van der Waals surface area contributed by atoms with Crippen molar-refractivity contribution in [2.45, 2.75) is 19.8 Å². The molecule has 1 aliphatic carbocycles. The molecule has 0 amide bonds.